The molecule has 4 N–H and O–H groups in total. The highest BCUT2D eigenvalue weighted by Gasteiger charge is 2.20. The van der Waals surface area contributed by atoms with Gasteiger partial charge in [0.2, 0.25) is 5.91 Å². The van der Waals surface area contributed by atoms with E-state index in [-0.39, 0.29) is 19.1 Å². The van der Waals surface area contributed by atoms with Crippen LogP contribution in [-0.4, -0.2) is 59.0 Å². The number of rotatable bonds is 6. The maximum atomic E-state index is 11.5. The minimum Gasteiger partial charge on any atom is -0.393 e. The summed E-state index contributed by atoms with van der Waals surface area (Å²) in [5.74, 6) is 0.342. The van der Waals surface area contributed by atoms with Crippen molar-refractivity contribution < 1.29 is 15.0 Å². The molecule has 1 heterocycles. The third-order valence-corrected chi connectivity index (χ3v) is 4.11. The average Bonchev–Trinajstić information content (AvgIpc) is 2.35. The summed E-state index contributed by atoms with van der Waals surface area (Å²) >= 11 is 1.67. The number of hydrogen-bond acceptors (Lipinski definition) is 5. The van der Waals surface area contributed by atoms with Crippen LogP contribution in [0.3, 0.4) is 0 Å². The first-order chi connectivity index (χ1) is 8.03. The lowest BCUT2D eigenvalue weighted by molar-refractivity contribution is -0.120. The van der Waals surface area contributed by atoms with Gasteiger partial charge in [-0.1, -0.05) is 0 Å². The van der Waals surface area contributed by atoms with E-state index >= 15 is 0 Å². The minimum absolute atomic E-state index is 0.0812. The van der Waals surface area contributed by atoms with Crippen LogP contribution < -0.4 is 10.6 Å². The van der Waals surface area contributed by atoms with Crippen LogP contribution in [0.1, 0.15) is 19.8 Å². The first-order valence-electron chi connectivity index (χ1n) is 5.96. The molecule has 0 bridgehead atoms. The molecule has 1 unspecified atom stereocenters. The lowest BCUT2D eigenvalue weighted by Crippen LogP contribution is -2.44. The second-order valence-corrected chi connectivity index (χ2v) is 5.98. The van der Waals surface area contributed by atoms with Gasteiger partial charge in [-0.15, -0.1) is 11.8 Å². The van der Waals surface area contributed by atoms with Crippen LogP contribution in [0.2, 0.25) is 0 Å². The molecule has 1 aliphatic heterocycles. The van der Waals surface area contributed by atoms with E-state index < -0.39 is 5.60 Å². The van der Waals surface area contributed by atoms with Crippen molar-refractivity contribution in [3.8, 4) is 0 Å². The Balaban J connectivity index is 2.12. The maximum absolute atomic E-state index is 11.5. The predicted octanol–water partition coefficient (Wildman–Crippen LogP) is -0.669. The van der Waals surface area contributed by atoms with Gasteiger partial charge in [-0.3, -0.25) is 4.79 Å². The zero-order valence-electron chi connectivity index (χ0n) is 10.2. The zero-order chi connectivity index (χ0) is 12.7. The van der Waals surface area contributed by atoms with Gasteiger partial charge in [0.1, 0.15) is 5.60 Å². The number of carbonyl (C=O) groups is 1. The van der Waals surface area contributed by atoms with Crippen molar-refractivity contribution in [2.24, 2.45) is 0 Å². The van der Waals surface area contributed by atoms with E-state index in [4.69, 9.17) is 5.11 Å². The van der Waals surface area contributed by atoms with Gasteiger partial charge < -0.3 is 20.8 Å². The summed E-state index contributed by atoms with van der Waals surface area (Å²) < 4.78 is 0. The van der Waals surface area contributed by atoms with Crippen molar-refractivity contribution in [3.63, 3.8) is 0 Å². The lowest BCUT2D eigenvalue weighted by atomic mass is 10.1. The van der Waals surface area contributed by atoms with Gasteiger partial charge in [0.25, 0.3) is 0 Å². The fourth-order valence-electron chi connectivity index (χ4n) is 1.55. The van der Waals surface area contributed by atoms with Crippen LogP contribution >= 0.6 is 11.8 Å². The van der Waals surface area contributed by atoms with Gasteiger partial charge in [0, 0.05) is 11.8 Å². The van der Waals surface area contributed by atoms with Crippen molar-refractivity contribution in [2.75, 3.05) is 32.0 Å². The van der Waals surface area contributed by atoms with Crippen molar-refractivity contribution in [3.05, 3.63) is 0 Å². The van der Waals surface area contributed by atoms with Crippen LogP contribution in [-0.2, 0) is 4.79 Å². The van der Waals surface area contributed by atoms with Crippen LogP contribution in [0.15, 0.2) is 0 Å². The normalized spacial score (nSPS) is 20.9. The van der Waals surface area contributed by atoms with Gasteiger partial charge in [0.05, 0.1) is 12.4 Å². The summed E-state index contributed by atoms with van der Waals surface area (Å²) in [6.07, 6.45) is 2.21. The van der Waals surface area contributed by atoms with Gasteiger partial charge in [-0.2, -0.15) is 0 Å². The highest BCUT2D eigenvalue weighted by molar-refractivity contribution is 8.00. The molecule has 5 nitrogen and oxygen atoms in total. The molecule has 0 aromatic heterocycles. The molecule has 0 aromatic rings. The molecular weight excluding hydrogens is 240 g/mol. The fourth-order valence-corrected chi connectivity index (χ4v) is 2.61. The van der Waals surface area contributed by atoms with Crippen LogP contribution in [0.5, 0.6) is 0 Å². The van der Waals surface area contributed by atoms with E-state index in [0.29, 0.717) is 11.0 Å². The highest BCUT2D eigenvalue weighted by Crippen LogP contribution is 2.19. The largest absolute Gasteiger partial charge is 0.393 e. The van der Waals surface area contributed by atoms with E-state index in [2.05, 4.69) is 10.6 Å². The lowest BCUT2D eigenvalue weighted by Gasteiger charge is -2.23. The van der Waals surface area contributed by atoms with Gasteiger partial charge in [0.15, 0.2) is 0 Å². The molecule has 1 fully saturated rings. The molecule has 1 saturated heterocycles. The zero-order valence-corrected chi connectivity index (χ0v) is 11.1. The van der Waals surface area contributed by atoms with Crippen LogP contribution in [0.4, 0.5) is 0 Å². The Hall–Kier alpha value is -0.300. The van der Waals surface area contributed by atoms with E-state index in [1.807, 2.05) is 0 Å². The summed E-state index contributed by atoms with van der Waals surface area (Å²) in [6, 6.07) is 0. The molecule has 17 heavy (non-hydrogen) atoms. The number of amides is 1. The molecule has 0 aromatic carbocycles. The van der Waals surface area contributed by atoms with Gasteiger partial charge in [-0.05, 0) is 32.9 Å². The third-order valence-electron chi connectivity index (χ3n) is 2.74. The van der Waals surface area contributed by atoms with Crippen molar-refractivity contribution in [1.82, 2.24) is 10.6 Å². The molecule has 0 aliphatic carbocycles. The summed E-state index contributed by atoms with van der Waals surface area (Å²) in [5, 5.41) is 24.8. The monoisotopic (exact) mass is 262 g/mol. The molecule has 1 aliphatic rings. The summed E-state index contributed by atoms with van der Waals surface area (Å²) in [7, 11) is 0. The maximum Gasteiger partial charge on any atom is 0.230 e. The summed E-state index contributed by atoms with van der Waals surface area (Å²) in [5.41, 5.74) is -1.23. The molecule has 1 rings (SSSR count). The Bertz CT molecular complexity index is 243. The SMILES string of the molecule is CC(O)(CO)CNC(=O)CSC1CCNCC1. The Morgan fingerprint density at radius 3 is 2.76 bits per heavy atom. The number of piperidine rings is 1. The molecule has 6 heteroatoms. The molecule has 1 atom stereocenters. The minimum atomic E-state index is -1.23. The number of nitrogens with one attached hydrogen (secondary N) is 2. The second-order valence-electron chi connectivity index (χ2n) is 4.69. The predicted molar refractivity (Wildman–Crippen MR) is 69.1 cm³/mol. The number of aliphatic hydroxyl groups is 2. The molecule has 100 valence electrons. The molecule has 1 amide bonds. The number of thioether (sulfide) groups is 1. The van der Waals surface area contributed by atoms with Crippen LogP contribution in [0, 0.1) is 0 Å². The second kappa shape index (κ2) is 7.20. The van der Waals surface area contributed by atoms with Crippen LogP contribution in [0.25, 0.3) is 0 Å². The standard InChI is InChI=1S/C11H22N2O3S/c1-11(16,8-14)7-13-10(15)6-17-9-2-4-12-5-3-9/h9,12,14,16H,2-8H2,1H3,(H,13,15). The Labute approximate surface area is 106 Å². The molecule has 0 saturated carbocycles. The fraction of sp³-hybridized carbons (Fsp3) is 0.909. The topological polar surface area (TPSA) is 81.6 Å². The number of carbonyl (C=O) groups excluding carboxylic acids is 1. The summed E-state index contributed by atoms with van der Waals surface area (Å²) in [6.45, 7) is 3.29. The first-order valence-corrected chi connectivity index (χ1v) is 7.00. The molecule has 0 radical (unpaired) electrons. The average molecular weight is 262 g/mol. The Kier molecular flexibility index (Phi) is 6.26. The molecule has 0 spiro atoms. The highest BCUT2D eigenvalue weighted by atomic mass is 32.2. The number of hydrogen-bond donors (Lipinski definition) is 4. The van der Waals surface area contributed by atoms with Crippen molar-refractivity contribution >= 4 is 17.7 Å². The number of aliphatic hydroxyl groups excluding tert-OH is 1. The van der Waals surface area contributed by atoms with Crippen molar-refractivity contribution in [1.29, 1.82) is 0 Å². The van der Waals surface area contributed by atoms with E-state index in [1.165, 1.54) is 6.92 Å². The Morgan fingerprint density at radius 2 is 2.18 bits per heavy atom. The van der Waals surface area contributed by atoms with Crippen molar-refractivity contribution in [2.45, 2.75) is 30.6 Å². The van der Waals surface area contributed by atoms with Gasteiger partial charge in [-0.25, -0.2) is 0 Å². The third kappa shape index (κ3) is 6.26. The van der Waals surface area contributed by atoms with E-state index in [9.17, 15) is 9.90 Å². The quantitative estimate of drug-likeness (QED) is 0.510. The Morgan fingerprint density at radius 1 is 1.53 bits per heavy atom. The van der Waals surface area contributed by atoms with E-state index in [1.54, 1.807) is 11.8 Å². The van der Waals surface area contributed by atoms with E-state index in [0.717, 1.165) is 25.9 Å². The molecular formula is C11H22N2O3S. The first kappa shape index (κ1) is 14.8. The summed E-state index contributed by atoms with van der Waals surface area (Å²) in [4.78, 5) is 11.5. The van der Waals surface area contributed by atoms with Gasteiger partial charge >= 0.3 is 0 Å². The smallest absolute Gasteiger partial charge is 0.230 e.